The van der Waals surface area contributed by atoms with E-state index in [0.717, 1.165) is 28.2 Å². The largest absolute Gasteiger partial charge is 0.313 e. The van der Waals surface area contributed by atoms with Gasteiger partial charge < -0.3 is 9.13 Å². The van der Waals surface area contributed by atoms with Crippen LogP contribution in [0.2, 0.25) is 0 Å². The van der Waals surface area contributed by atoms with E-state index in [4.69, 9.17) is 6.42 Å². The summed E-state index contributed by atoms with van der Waals surface area (Å²) in [4.78, 5) is 0. The van der Waals surface area contributed by atoms with Crippen LogP contribution in [0.25, 0.3) is 60.7 Å². The molecule has 3 aromatic heterocycles. The lowest BCUT2D eigenvalue weighted by atomic mass is 10.1. The van der Waals surface area contributed by atoms with Crippen molar-refractivity contribution in [3.63, 3.8) is 0 Å². The van der Waals surface area contributed by atoms with Crippen LogP contribution in [0.15, 0.2) is 96.7 Å². The molecule has 6 aromatic rings. The van der Waals surface area contributed by atoms with Crippen LogP contribution in [0.3, 0.4) is 0 Å². The molecule has 0 fully saturated rings. The zero-order valence-electron chi connectivity index (χ0n) is 24.7. The number of thiophene rings is 1. The molecule has 0 aliphatic rings. The van der Waals surface area contributed by atoms with Crippen LogP contribution < -0.4 is 0 Å². The minimum absolute atomic E-state index is 0.604. The molecule has 0 radical (unpaired) electrons. The van der Waals surface area contributed by atoms with E-state index in [2.05, 4.69) is 114 Å². The summed E-state index contributed by atoms with van der Waals surface area (Å²) in [6, 6.07) is 24.1. The number of nitrogens with zero attached hydrogens (tertiary/aromatic N) is 3. The maximum atomic E-state index is 9.48. The molecular formula is C39H31N3S. The number of fused-ring (bicyclic) bond motifs is 4. The predicted molar refractivity (Wildman–Crippen MR) is 186 cm³/mol. The van der Waals surface area contributed by atoms with Gasteiger partial charge in [0.25, 0.3) is 0 Å². The molecule has 4 heteroatoms. The van der Waals surface area contributed by atoms with Gasteiger partial charge in [0.1, 0.15) is 5.69 Å². The number of aromatic nitrogens is 2. The lowest BCUT2D eigenvalue weighted by Gasteiger charge is -2.10. The van der Waals surface area contributed by atoms with E-state index in [1.165, 1.54) is 42.3 Å². The Hall–Kier alpha value is -5.29. The first-order chi connectivity index (χ1) is 21.0. The summed E-state index contributed by atoms with van der Waals surface area (Å²) in [6.45, 7) is 8.04. The van der Waals surface area contributed by atoms with Crippen molar-refractivity contribution in [2.24, 2.45) is 0 Å². The number of hydrogen-bond acceptors (Lipinski definition) is 2. The molecule has 43 heavy (non-hydrogen) atoms. The van der Waals surface area contributed by atoms with Crippen molar-refractivity contribution in [2.45, 2.75) is 27.7 Å². The molecule has 0 bridgehead atoms. The van der Waals surface area contributed by atoms with E-state index in [1.807, 2.05) is 37.3 Å². The highest BCUT2D eigenvalue weighted by molar-refractivity contribution is 7.25. The second-order valence-electron chi connectivity index (χ2n) is 10.5. The van der Waals surface area contributed by atoms with Crippen LogP contribution in [0.4, 0.5) is 0 Å². The van der Waals surface area contributed by atoms with Crippen LogP contribution in [0.1, 0.15) is 48.8 Å². The first-order valence-corrected chi connectivity index (χ1v) is 15.1. The monoisotopic (exact) mass is 573 g/mol. The smallest absolute Gasteiger partial charge is 0.104 e. The zero-order valence-corrected chi connectivity index (χ0v) is 25.5. The van der Waals surface area contributed by atoms with Crippen molar-refractivity contribution in [3.05, 3.63) is 125 Å². The second kappa shape index (κ2) is 11.5. The first kappa shape index (κ1) is 27.9. The highest BCUT2D eigenvalue weighted by Gasteiger charge is 2.17. The quantitative estimate of drug-likeness (QED) is 0.111. The van der Waals surface area contributed by atoms with E-state index in [0.29, 0.717) is 5.57 Å². The number of allylic oxidation sites excluding steroid dienone is 5. The summed E-state index contributed by atoms with van der Waals surface area (Å²) >= 11 is 1.80. The van der Waals surface area contributed by atoms with E-state index in [9.17, 15) is 5.26 Å². The fourth-order valence-corrected chi connectivity index (χ4v) is 6.91. The van der Waals surface area contributed by atoms with Crippen molar-refractivity contribution in [3.8, 4) is 29.8 Å². The molecule has 0 N–H and O–H groups in total. The van der Waals surface area contributed by atoms with Gasteiger partial charge in [-0.3, -0.25) is 0 Å². The Balaban J connectivity index is 1.56. The molecule has 0 unspecified atom stereocenters. The highest BCUT2D eigenvalue weighted by atomic mass is 32.1. The standard InChI is InChI=1S/C39H31N3S/c1-6-9-10-14-28-25-41(36(8-3)33(28)21-26(4)24-40)29-17-19-38-34(22-29)35-23-30(18-20-39(35)43-38)42-27(5)31(13-7-2)32-15-11-12-16-37(32)42/h3,6-7,9-23,25H,1-2,4-5H3/b9-6-,13-7-,14-10-,26-21+. The molecule has 3 nitrogen and oxygen atoms in total. The van der Waals surface area contributed by atoms with Gasteiger partial charge in [0.2, 0.25) is 0 Å². The van der Waals surface area contributed by atoms with E-state index in [1.54, 1.807) is 18.3 Å². The molecule has 0 saturated carbocycles. The molecule has 0 saturated heterocycles. The Labute approximate surface area is 256 Å². The van der Waals surface area contributed by atoms with E-state index >= 15 is 0 Å². The summed E-state index contributed by atoms with van der Waals surface area (Å²) in [5, 5.41) is 13.1. The van der Waals surface area contributed by atoms with E-state index < -0.39 is 0 Å². The Morgan fingerprint density at radius 3 is 2.28 bits per heavy atom. The van der Waals surface area contributed by atoms with Crippen LogP contribution in [-0.4, -0.2) is 9.13 Å². The number of nitriles is 1. The SMILES string of the molecule is C#Cc1c(/C=C(\C)C#N)c(/C=C\C=C/C)cn1-c1ccc2sc3ccc(-n4c(C)c(/C=C\C)c5ccccc54)cc3c2c1. The number of hydrogen-bond donors (Lipinski definition) is 0. The van der Waals surface area contributed by atoms with Crippen molar-refractivity contribution < 1.29 is 0 Å². The van der Waals surface area contributed by atoms with Crippen LogP contribution >= 0.6 is 11.3 Å². The van der Waals surface area contributed by atoms with Gasteiger partial charge in [-0.15, -0.1) is 17.8 Å². The van der Waals surface area contributed by atoms with Gasteiger partial charge in [-0.05, 0) is 76.2 Å². The molecule has 0 atom stereocenters. The van der Waals surface area contributed by atoms with Crippen LogP contribution in [-0.2, 0) is 0 Å². The van der Waals surface area contributed by atoms with Crippen molar-refractivity contribution in [1.82, 2.24) is 9.13 Å². The van der Waals surface area contributed by atoms with Gasteiger partial charge in [-0.1, -0.05) is 60.6 Å². The highest BCUT2D eigenvalue weighted by Crippen LogP contribution is 2.38. The van der Waals surface area contributed by atoms with Crippen LogP contribution in [0, 0.1) is 30.6 Å². The summed E-state index contributed by atoms with van der Waals surface area (Å²) in [5.41, 5.74) is 8.95. The predicted octanol–water partition coefficient (Wildman–Crippen LogP) is 10.6. The fourth-order valence-electron chi connectivity index (χ4n) is 5.84. The lowest BCUT2D eigenvalue weighted by Crippen LogP contribution is -1.97. The molecule has 0 amide bonds. The van der Waals surface area contributed by atoms with Crippen molar-refractivity contribution in [1.29, 1.82) is 5.26 Å². The minimum atomic E-state index is 0.604. The molecule has 208 valence electrons. The van der Waals surface area contributed by atoms with Gasteiger partial charge in [0, 0.05) is 71.1 Å². The third-order valence-corrected chi connectivity index (χ3v) is 8.95. The Morgan fingerprint density at radius 1 is 0.860 bits per heavy atom. The molecular weight excluding hydrogens is 543 g/mol. The maximum absolute atomic E-state index is 9.48. The Bertz CT molecular complexity index is 2240. The van der Waals surface area contributed by atoms with Crippen molar-refractivity contribution in [2.75, 3.05) is 0 Å². The van der Waals surface area contributed by atoms with Gasteiger partial charge in [-0.25, -0.2) is 0 Å². The third kappa shape index (κ3) is 4.83. The lowest BCUT2D eigenvalue weighted by molar-refractivity contribution is 1.05. The van der Waals surface area contributed by atoms with Gasteiger partial charge in [0.15, 0.2) is 0 Å². The zero-order chi connectivity index (χ0) is 30.1. The summed E-state index contributed by atoms with van der Waals surface area (Å²) in [7, 11) is 0. The first-order valence-electron chi connectivity index (χ1n) is 14.3. The second-order valence-corrected chi connectivity index (χ2v) is 11.6. The Kier molecular flexibility index (Phi) is 7.47. The number of para-hydroxylation sites is 1. The number of rotatable bonds is 6. The average Bonchev–Trinajstić information content (AvgIpc) is 3.66. The topological polar surface area (TPSA) is 33.6 Å². The molecule has 0 aliphatic carbocycles. The van der Waals surface area contributed by atoms with Gasteiger partial charge in [-0.2, -0.15) is 5.26 Å². The minimum Gasteiger partial charge on any atom is -0.313 e. The number of benzene rings is 3. The van der Waals surface area contributed by atoms with E-state index in [-0.39, 0.29) is 0 Å². The average molecular weight is 574 g/mol. The normalized spacial score (nSPS) is 12.5. The fraction of sp³-hybridized carbons (Fsp3) is 0.103. The summed E-state index contributed by atoms with van der Waals surface area (Å²) < 4.78 is 6.89. The molecule has 3 aromatic carbocycles. The van der Waals surface area contributed by atoms with Crippen LogP contribution in [0.5, 0.6) is 0 Å². The maximum Gasteiger partial charge on any atom is 0.104 e. The molecule has 0 spiro atoms. The van der Waals surface area contributed by atoms with Crippen molar-refractivity contribution >= 4 is 60.6 Å². The third-order valence-electron chi connectivity index (χ3n) is 7.79. The Morgan fingerprint density at radius 2 is 1.58 bits per heavy atom. The molecule has 0 aliphatic heterocycles. The molecule has 6 rings (SSSR count). The van der Waals surface area contributed by atoms with Gasteiger partial charge in [0.05, 0.1) is 11.6 Å². The van der Waals surface area contributed by atoms with Gasteiger partial charge >= 0.3 is 0 Å². The number of terminal acetylenes is 1. The summed E-state index contributed by atoms with van der Waals surface area (Å²) in [6.07, 6.45) is 22.3. The molecule has 3 heterocycles. The summed E-state index contributed by atoms with van der Waals surface area (Å²) in [5.74, 6) is 2.90.